The van der Waals surface area contributed by atoms with Gasteiger partial charge in [0.1, 0.15) is 11.6 Å². The number of carbonyl (C=O) groups is 1. The van der Waals surface area contributed by atoms with Gasteiger partial charge in [0.05, 0.1) is 6.54 Å². The number of nitrogens with zero attached hydrogens (tertiary/aromatic N) is 3. The van der Waals surface area contributed by atoms with Crippen LogP contribution in [0.2, 0.25) is 0 Å². The Kier molecular flexibility index (Phi) is 3.49. The highest BCUT2D eigenvalue weighted by molar-refractivity contribution is 5.94. The van der Waals surface area contributed by atoms with Gasteiger partial charge in [-0.1, -0.05) is 30.3 Å². The minimum absolute atomic E-state index is 0.0337. The highest BCUT2D eigenvalue weighted by atomic mass is 16.1. The second kappa shape index (κ2) is 5.81. The predicted octanol–water partition coefficient (Wildman–Crippen LogP) is 2.38. The molecule has 0 aliphatic carbocycles. The van der Waals surface area contributed by atoms with Gasteiger partial charge in [-0.15, -0.1) is 0 Å². The number of rotatable bonds is 3. The third kappa shape index (κ3) is 2.62. The number of nitrogens with one attached hydrogen (secondary N) is 1. The lowest BCUT2D eigenvalue weighted by molar-refractivity contribution is -0.116. The van der Waals surface area contributed by atoms with Crippen LogP contribution in [0.1, 0.15) is 29.0 Å². The molecule has 1 amide bonds. The number of aromatic nitrogens is 3. The van der Waals surface area contributed by atoms with E-state index in [2.05, 4.69) is 27.5 Å². The predicted molar refractivity (Wildman–Crippen MR) is 91.5 cm³/mol. The molecule has 24 heavy (non-hydrogen) atoms. The molecule has 1 aliphatic heterocycles. The van der Waals surface area contributed by atoms with Crippen molar-refractivity contribution >= 4 is 17.5 Å². The van der Waals surface area contributed by atoms with Gasteiger partial charge in [0.15, 0.2) is 0 Å². The Labute approximate surface area is 139 Å². The minimum Gasteiger partial charge on any atom is -0.384 e. The number of amides is 1. The number of anilines is 2. The van der Waals surface area contributed by atoms with Crippen molar-refractivity contribution in [3.8, 4) is 0 Å². The fourth-order valence-electron chi connectivity index (χ4n) is 3.21. The van der Waals surface area contributed by atoms with E-state index in [-0.39, 0.29) is 11.8 Å². The van der Waals surface area contributed by atoms with E-state index in [9.17, 15) is 4.79 Å². The molecule has 0 bridgehead atoms. The van der Waals surface area contributed by atoms with E-state index in [1.165, 1.54) is 0 Å². The van der Waals surface area contributed by atoms with Crippen LogP contribution in [0, 0.1) is 0 Å². The van der Waals surface area contributed by atoms with E-state index in [1.807, 2.05) is 35.1 Å². The third-order valence-electron chi connectivity index (χ3n) is 4.29. The molecule has 2 aromatic heterocycles. The molecular formula is C18H17N5O. The summed E-state index contributed by atoms with van der Waals surface area (Å²) in [7, 11) is 0. The van der Waals surface area contributed by atoms with Gasteiger partial charge in [-0.25, -0.2) is 4.98 Å². The summed E-state index contributed by atoms with van der Waals surface area (Å²) in [5, 5.41) is 7.10. The first-order chi connectivity index (χ1) is 11.7. The van der Waals surface area contributed by atoms with E-state index in [0.717, 1.165) is 16.7 Å². The Balaban J connectivity index is 1.78. The van der Waals surface area contributed by atoms with E-state index in [1.54, 1.807) is 12.3 Å². The Morgan fingerprint density at radius 2 is 2.04 bits per heavy atom. The lowest BCUT2D eigenvalue weighted by Gasteiger charge is -2.27. The molecule has 0 saturated heterocycles. The fraction of sp³-hybridized carbons (Fsp3) is 0.167. The molecule has 1 aromatic carbocycles. The van der Waals surface area contributed by atoms with Gasteiger partial charge in [0, 0.05) is 30.3 Å². The highest BCUT2D eigenvalue weighted by Crippen LogP contribution is 2.38. The van der Waals surface area contributed by atoms with Crippen LogP contribution >= 0.6 is 0 Å². The Morgan fingerprint density at radius 1 is 1.17 bits per heavy atom. The van der Waals surface area contributed by atoms with Gasteiger partial charge >= 0.3 is 0 Å². The number of carbonyl (C=O) groups excluding carboxylic acids is 1. The number of benzene rings is 1. The molecule has 3 N–H and O–H groups in total. The fourth-order valence-corrected chi connectivity index (χ4v) is 3.21. The van der Waals surface area contributed by atoms with Crippen molar-refractivity contribution in [3.05, 3.63) is 71.5 Å². The van der Waals surface area contributed by atoms with Crippen molar-refractivity contribution in [2.75, 3.05) is 11.1 Å². The first-order valence-corrected chi connectivity index (χ1v) is 7.82. The van der Waals surface area contributed by atoms with Crippen LogP contribution in [0.15, 0.2) is 54.9 Å². The number of hydrogen-bond donors (Lipinski definition) is 2. The monoisotopic (exact) mass is 319 g/mol. The molecule has 3 heterocycles. The maximum atomic E-state index is 12.1. The molecule has 0 spiro atoms. The van der Waals surface area contributed by atoms with Crippen LogP contribution in [0.25, 0.3) is 0 Å². The maximum Gasteiger partial charge on any atom is 0.226 e. The largest absolute Gasteiger partial charge is 0.384 e. The van der Waals surface area contributed by atoms with E-state index < -0.39 is 0 Å². The lowest BCUT2D eigenvalue weighted by atomic mass is 9.84. The van der Waals surface area contributed by atoms with Crippen molar-refractivity contribution in [1.29, 1.82) is 0 Å². The van der Waals surface area contributed by atoms with Crippen molar-refractivity contribution in [1.82, 2.24) is 14.8 Å². The van der Waals surface area contributed by atoms with Crippen LogP contribution in [0.5, 0.6) is 0 Å². The van der Waals surface area contributed by atoms with Gasteiger partial charge < -0.3 is 11.1 Å². The zero-order valence-electron chi connectivity index (χ0n) is 13.0. The SMILES string of the molecule is Nc1ccc2c(n1)NC(=O)CC2c1ccccc1Cn1cccn1. The molecule has 0 saturated carbocycles. The van der Waals surface area contributed by atoms with Crippen LogP contribution in [-0.4, -0.2) is 20.7 Å². The summed E-state index contributed by atoms with van der Waals surface area (Å²) in [6, 6.07) is 13.8. The molecule has 3 aromatic rings. The molecule has 1 unspecified atom stereocenters. The standard InChI is InChI=1S/C18H17N5O/c19-16-7-6-14-15(10-17(24)22-18(14)21-16)13-5-2-1-4-12(13)11-23-9-3-8-20-23/h1-9,15H,10-11H2,(H3,19,21,22,24). The Morgan fingerprint density at radius 3 is 2.88 bits per heavy atom. The van der Waals surface area contributed by atoms with Crippen LogP contribution in [-0.2, 0) is 11.3 Å². The summed E-state index contributed by atoms with van der Waals surface area (Å²) in [6.45, 7) is 0.666. The summed E-state index contributed by atoms with van der Waals surface area (Å²) in [4.78, 5) is 16.4. The first-order valence-electron chi connectivity index (χ1n) is 7.82. The maximum absolute atomic E-state index is 12.1. The number of nitrogen functional groups attached to an aromatic ring is 1. The van der Waals surface area contributed by atoms with Crippen molar-refractivity contribution in [2.45, 2.75) is 18.9 Å². The van der Waals surface area contributed by atoms with Crippen molar-refractivity contribution in [3.63, 3.8) is 0 Å². The zero-order valence-corrected chi connectivity index (χ0v) is 13.0. The van der Waals surface area contributed by atoms with Gasteiger partial charge in [-0.2, -0.15) is 5.10 Å². The zero-order chi connectivity index (χ0) is 16.5. The molecule has 6 heteroatoms. The summed E-state index contributed by atoms with van der Waals surface area (Å²) >= 11 is 0. The molecular weight excluding hydrogens is 302 g/mol. The van der Waals surface area contributed by atoms with Gasteiger partial charge in [0.2, 0.25) is 5.91 Å². The Hall–Kier alpha value is -3.15. The number of hydrogen-bond acceptors (Lipinski definition) is 4. The summed E-state index contributed by atoms with van der Waals surface area (Å²) in [5.74, 6) is 0.887. The number of fused-ring (bicyclic) bond motifs is 1. The molecule has 0 radical (unpaired) electrons. The van der Waals surface area contributed by atoms with E-state index >= 15 is 0 Å². The van der Waals surface area contributed by atoms with Gasteiger partial charge in [0.25, 0.3) is 0 Å². The average molecular weight is 319 g/mol. The average Bonchev–Trinajstić information content (AvgIpc) is 3.07. The molecule has 0 fully saturated rings. The van der Waals surface area contributed by atoms with Crippen LogP contribution in [0.4, 0.5) is 11.6 Å². The normalized spacial score (nSPS) is 16.5. The van der Waals surface area contributed by atoms with Gasteiger partial charge in [-0.3, -0.25) is 9.48 Å². The van der Waals surface area contributed by atoms with Crippen molar-refractivity contribution < 1.29 is 4.79 Å². The third-order valence-corrected chi connectivity index (χ3v) is 4.29. The van der Waals surface area contributed by atoms with Crippen molar-refractivity contribution in [2.24, 2.45) is 0 Å². The second-order valence-corrected chi connectivity index (χ2v) is 5.88. The van der Waals surface area contributed by atoms with E-state index in [0.29, 0.717) is 24.6 Å². The summed E-state index contributed by atoms with van der Waals surface area (Å²) in [5.41, 5.74) is 9.02. The molecule has 1 aliphatic rings. The molecule has 120 valence electrons. The van der Waals surface area contributed by atoms with E-state index in [4.69, 9.17) is 5.73 Å². The number of pyridine rings is 1. The minimum atomic E-state index is -0.0421. The van der Waals surface area contributed by atoms with Crippen LogP contribution in [0.3, 0.4) is 0 Å². The first kappa shape index (κ1) is 14.4. The number of nitrogens with two attached hydrogens (primary N) is 1. The quantitative estimate of drug-likeness (QED) is 0.776. The molecule has 6 nitrogen and oxygen atoms in total. The lowest BCUT2D eigenvalue weighted by Crippen LogP contribution is -2.25. The summed E-state index contributed by atoms with van der Waals surface area (Å²) < 4.78 is 1.88. The molecule has 1 atom stereocenters. The summed E-state index contributed by atoms with van der Waals surface area (Å²) in [6.07, 6.45) is 4.09. The molecule has 4 rings (SSSR count). The smallest absolute Gasteiger partial charge is 0.226 e. The highest BCUT2D eigenvalue weighted by Gasteiger charge is 2.29. The topological polar surface area (TPSA) is 85.8 Å². The van der Waals surface area contributed by atoms with Gasteiger partial charge in [-0.05, 0) is 23.3 Å². The Bertz CT molecular complexity index is 888. The van der Waals surface area contributed by atoms with Crippen LogP contribution < -0.4 is 11.1 Å². The second-order valence-electron chi connectivity index (χ2n) is 5.88.